The SMILES string of the molecule is C#Cc1ccc(NC(=O)Nc2cc(C(=O)Oc3cccc(C#C)c3)cc(C(=O)Oc3cccc(C#C)c3)c2)cc1. The summed E-state index contributed by atoms with van der Waals surface area (Å²) in [6.07, 6.45) is 16.2. The second-order valence-corrected chi connectivity index (χ2v) is 8.22. The number of anilines is 2. The minimum atomic E-state index is -0.786. The highest BCUT2D eigenvalue weighted by molar-refractivity contribution is 6.03. The number of carbonyl (C=O) groups excluding carboxylic acids is 3. The van der Waals surface area contributed by atoms with Gasteiger partial charge in [0.2, 0.25) is 0 Å². The molecule has 0 radical (unpaired) electrons. The Morgan fingerprint density at radius 2 is 1.02 bits per heavy atom. The molecule has 0 atom stereocenters. The molecule has 4 aromatic carbocycles. The maximum atomic E-state index is 13.0. The summed E-state index contributed by atoms with van der Waals surface area (Å²) in [5.41, 5.74) is 2.26. The zero-order valence-electron chi connectivity index (χ0n) is 20.9. The summed E-state index contributed by atoms with van der Waals surface area (Å²) in [6.45, 7) is 0. The molecule has 0 aliphatic heterocycles. The van der Waals surface area contributed by atoms with Gasteiger partial charge in [-0.3, -0.25) is 0 Å². The van der Waals surface area contributed by atoms with Crippen molar-refractivity contribution in [3.8, 4) is 48.5 Å². The number of hydrogen-bond donors (Lipinski definition) is 2. The summed E-state index contributed by atoms with van der Waals surface area (Å²) in [7, 11) is 0. The highest BCUT2D eigenvalue weighted by Gasteiger charge is 2.18. The first-order chi connectivity index (χ1) is 19.4. The third kappa shape index (κ3) is 6.95. The molecule has 0 unspecified atom stereocenters. The van der Waals surface area contributed by atoms with Gasteiger partial charge in [0.15, 0.2) is 0 Å². The van der Waals surface area contributed by atoms with Crippen LogP contribution < -0.4 is 20.1 Å². The largest absolute Gasteiger partial charge is 0.423 e. The molecule has 0 aliphatic carbocycles. The van der Waals surface area contributed by atoms with E-state index in [1.54, 1.807) is 60.7 Å². The number of amides is 2. The van der Waals surface area contributed by atoms with E-state index in [0.29, 0.717) is 22.4 Å². The van der Waals surface area contributed by atoms with E-state index in [0.717, 1.165) is 0 Å². The van der Waals surface area contributed by atoms with Crippen LogP contribution in [0.25, 0.3) is 0 Å². The van der Waals surface area contributed by atoms with Crippen LogP contribution in [0.2, 0.25) is 0 Å². The predicted molar refractivity (Wildman–Crippen MR) is 152 cm³/mol. The van der Waals surface area contributed by atoms with Crippen LogP contribution in [0.5, 0.6) is 11.5 Å². The van der Waals surface area contributed by atoms with Crippen LogP contribution in [0, 0.1) is 37.0 Å². The molecule has 0 aromatic heterocycles. The fourth-order valence-electron chi connectivity index (χ4n) is 3.51. The van der Waals surface area contributed by atoms with Crippen molar-refractivity contribution in [3.63, 3.8) is 0 Å². The fourth-order valence-corrected chi connectivity index (χ4v) is 3.51. The zero-order chi connectivity index (χ0) is 28.5. The lowest BCUT2D eigenvalue weighted by Gasteiger charge is -2.12. The zero-order valence-corrected chi connectivity index (χ0v) is 20.9. The van der Waals surface area contributed by atoms with Crippen molar-refractivity contribution in [1.29, 1.82) is 0 Å². The molecule has 0 spiro atoms. The van der Waals surface area contributed by atoms with Crippen molar-refractivity contribution in [2.75, 3.05) is 10.6 Å². The molecule has 0 aliphatic rings. The molecule has 4 rings (SSSR count). The van der Waals surface area contributed by atoms with E-state index in [2.05, 4.69) is 28.4 Å². The summed E-state index contributed by atoms with van der Waals surface area (Å²) in [5.74, 6) is 6.27. The third-order valence-electron chi connectivity index (χ3n) is 5.39. The lowest BCUT2D eigenvalue weighted by atomic mass is 10.1. The first-order valence-electron chi connectivity index (χ1n) is 11.7. The molecular weight excluding hydrogens is 504 g/mol. The number of nitrogens with one attached hydrogen (secondary N) is 2. The van der Waals surface area contributed by atoms with E-state index in [1.807, 2.05) is 0 Å². The summed E-state index contributed by atoms with van der Waals surface area (Å²) in [4.78, 5) is 38.7. The molecular formula is C33H20N2O5. The van der Waals surface area contributed by atoms with Crippen molar-refractivity contribution in [2.45, 2.75) is 0 Å². The van der Waals surface area contributed by atoms with Gasteiger partial charge in [-0.15, -0.1) is 19.3 Å². The molecule has 4 aromatic rings. The van der Waals surface area contributed by atoms with Crippen LogP contribution in [0.15, 0.2) is 91.0 Å². The number of benzene rings is 4. The van der Waals surface area contributed by atoms with Gasteiger partial charge < -0.3 is 20.1 Å². The molecule has 0 bridgehead atoms. The second-order valence-electron chi connectivity index (χ2n) is 8.22. The first kappa shape index (κ1) is 26.8. The van der Waals surface area contributed by atoms with Gasteiger partial charge in [-0.25, -0.2) is 14.4 Å². The summed E-state index contributed by atoms with van der Waals surface area (Å²) < 4.78 is 10.9. The van der Waals surface area contributed by atoms with Gasteiger partial charge in [-0.2, -0.15) is 0 Å². The van der Waals surface area contributed by atoms with Crippen molar-refractivity contribution < 1.29 is 23.9 Å². The quantitative estimate of drug-likeness (QED) is 0.191. The molecule has 0 fully saturated rings. The summed E-state index contributed by atoms with van der Waals surface area (Å²) >= 11 is 0. The normalized spacial score (nSPS) is 9.72. The predicted octanol–water partition coefficient (Wildman–Crippen LogP) is 5.71. The molecule has 0 saturated heterocycles. The van der Waals surface area contributed by atoms with Gasteiger partial charge in [-0.1, -0.05) is 29.9 Å². The van der Waals surface area contributed by atoms with Gasteiger partial charge in [0, 0.05) is 28.1 Å². The van der Waals surface area contributed by atoms with Crippen LogP contribution in [-0.2, 0) is 0 Å². The number of rotatable bonds is 6. The van der Waals surface area contributed by atoms with Gasteiger partial charge in [-0.05, 0) is 78.9 Å². The van der Waals surface area contributed by atoms with Gasteiger partial charge in [0.05, 0.1) is 11.1 Å². The molecule has 0 heterocycles. The van der Waals surface area contributed by atoms with E-state index < -0.39 is 18.0 Å². The number of esters is 2. The number of urea groups is 1. The monoisotopic (exact) mass is 524 g/mol. The first-order valence-corrected chi connectivity index (χ1v) is 11.7. The Bertz CT molecular complexity index is 1640. The second kappa shape index (κ2) is 12.3. The maximum Gasteiger partial charge on any atom is 0.343 e. The van der Waals surface area contributed by atoms with Gasteiger partial charge >= 0.3 is 18.0 Å². The Labute approximate surface area is 231 Å². The molecule has 192 valence electrons. The molecule has 2 N–H and O–H groups in total. The fraction of sp³-hybridized carbons (Fsp3) is 0. The lowest BCUT2D eigenvalue weighted by Crippen LogP contribution is -2.21. The minimum absolute atomic E-state index is 0.0217. The Kier molecular flexibility index (Phi) is 8.28. The minimum Gasteiger partial charge on any atom is -0.423 e. The van der Waals surface area contributed by atoms with E-state index in [4.69, 9.17) is 28.7 Å². The Balaban J connectivity index is 1.61. The lowest BCUT2D eigenvalue weighted by molar-refractivity contribution is 0.0734. The van der Waals surface area contributed by atoms with Crippen molar-refractivity contribution in [3.05, 3.63) is 119 Å². The third-order valence-corrected chi connectivity index (χ3v) is 5.39. The Morgan fingerprint density at radius 1 is 0.550 bits per heavy atom. The summed E-state index contributed by atoms with van der Waals surface area (Å²) in [5, 5.41) is 5.27. The Hall–Kier alpha value is -6.23. The van der Waals surface area contributed by atoms with Crippen LogP contribution >= 0.6 is 0 Å². The Morgan fingerprint density at radius 3 is 1.50 bits per heavy atom. The molecule has 0 saturated carbocycles. The number of carbonyl (C=O) groups is 3. The van der Waals surface area contributed by atoms with Crippen LogP contribution in [0.1, 0.15) is 37.4 Å². The number of ether oxygens (including phenoxy) is 2. The molecule has 7 heteroatoms. The van der Waals surface area contributed by atoms with Crippen molar-refractivity contribution in [2.24, 2.45) is 0 Å². The van der Waals surface area contributed by atoms with Gasteiger partial charge in [0.25, 0.3) is 0 Å². The van der Waals surface area contributed by atoms with Crippen LogP contribution in [-0.4, -0.2) is 18.0 Å². The average molecular weight is 525 g/mol. The average Bonchev–Trinajstić information content (AvgIpc) is 2.97. The maximum absolute atomic E-state index is 13.0. The van der Waals surface area contributed by atoms with Crippen molar-refractivity contribution >= 4 is 29.3 Å². The van der Waals surface area contributed by atoms with Crippen molar-refractivity contribution in [1.82, 2.24) is 0 Å². The topological polar surface area (TPSA) is 93.7 Å². The highest BCUT2D eigenvalue weighted by Crippen LogP contribution is 2.22. The standard InChI is InChI=1S/C33H20N2O5/c1-4-22-13-15-27(16-14-22)34-33(38)35-28-20-25(31(36)39-29-11-7-9-23(5-2)17-29)19-26(21-28)32(37)40-30-12-8-10-24(6-3)18-30/h1-3,7-21H,(H2,34,35,38). The van der Waals surface area contributed by atoms with E-state index in [-0.39, 0.29) is 28.3 Å². The smallest absolute Gasteiger partial charge is 0.343 e. The van der Waals surface area contributed by atoms with Crippen LogP contribution in [0.3, 0.4) is 0 Å². The van der Waals surface area contributed by atoms with Gasteiger partial charge in [0.1, 0.15) is 11.5 Å². The van der Waals surface area contributed by atoms with E-state index in [1.165, 1.54) is 30.3 Å². The highest BCUT2D eigenvalue weighted by atomic mass is 16.5. The molecule has 40 heavy (non-hydrogen) atoms. The number of terminal acetylenes is 3. The van der Waals surface area contributed by atoms with E-state index >= 15 is 0 Å². The number of hydrogen-bond acceptors (Lipinski definition) is 5. The molecule has 2 amide bonds. The van der Waals surface area contributed by atoms with Crippen LogP contribution in [0.4, 0.5) is 16.2 Å². The molecule has 7 nitrogen and oxygen atoms in total. The van der Waals surface area contributed by atoms with E-state index in [9.17, 15) is 14.4 Å². The summed E-state index contributed by atoms with van der Waals surface area (Å²) in [6, 6.07) is 22.8.